The highest BCUT2D eigenvalue weighted by Crippen LogP contribution is 2.48. The Morgan fingerprint density at radius 2 is 1.74 bits per heavy atom. The zero-order valence-corrected chi connectivity index (χ0v) is 11.2. The van der Waals surface area contributed by atoms with Gasteiger partial charge in [0.2, 0.25) is 5.91 Å². The van der Waals surface area contributed by atoms with Crippen LogP contribution in [0.4, 0.5) is 0 Å². The van der Waals surface area contributed by atoms with E-state index < -0.39 is 17.8 Å². The van der Waals surface area contributed by atoms with Crippen LogP contribution in [0.3, 0.4) is 0 Å². The monoisotopic (exact) mass is 264 g/mol. The first-order valence-electron chi connectivity index (χ1n) is 7.07. The van der Waals surface area contributed by atoms with Crippen molar-refractivity contribution >= 4 is 11.9 Å². The molecule has 3 rings (SSSR count). The number of carbonyl (C=O) groups is 2. The number of allylic oxidation sites excluding steroid dienone is 2. The molecule has 4 atom stereocenters. The average molecular weight is 264 g/mol. The molecule has 104 valence electrons. The third-order valence-electron chi connectivity index (χ3n) is 4.95. The summed E-state index contributed by atoms with van der Waals surface area (Å²) < 4.78 is 0. The molecule has 0 radical (unpaired) electrons. The van der Waals surface area contributed by atoms with E-state index in [2.05, 4.69) is 7.05 Å². The van der Waals surface area contributed by atoms with Crippen LogP contribution in [0, 0.1) is 23.7 Å². The van der Waals surface area contributed by atoms with Crippen molar-refractivity contribution in [1.82, 2.24) is 4.90 Å². The lowest BCUT2D eigenvalue weighted by molar-refractivity contribution is -0.883. The number of hydrogen-bond donors (Lipinski definition) is 1. The molecule has 19 heavy (non-hydrogen) atoms. The molecule has 5 heteroatoms. The number of nitrogens with zero attached hydrogens (tertiary/aromatic N) is 1. The molecule has 0 spiro atoms. The molecule has 2 fully saturated rings. The lowest BCUT2D eigenvalue weighted by atomic mass is 9.82. The van der Waals surface area contributed by atoms with Gasteiger partial charge in [-0.3, -0.25) is 4.79 Å². The van der Waals surface area contributed by atoms with Crippen molar-refractivity contribution in [1.29, 1.82) is 0 Å². The van der Waals surface area contributed by atoms with Gasteiger partial charge in [-0.1, -0.05) is 12.2 Å². The average Bonchev–Trinajstić information content (AvgIpc) is 2.98. The van der Waals surface area contributed by atoms with Gasteiger partial charge >= 0.3 is 0 Å². The first-order chi connectivity index (χ1) is 9.08. The van der Waals surface area contributed by atoms with Gasteiger partial charge in [0.05, 0.1) is 39.1 Å². The van der Waals surface area contributed by atoms with Gasteiger partial charge in [-0.25, -0.2) is 0 Å². The third-order valence-corrected chi connectivity index (χ3v) is 4.95. The number of aliphatic carboxylic acids is 1. The minimum Gasteiger partial charge on any atom is -0.550 e. The topological polar surface area (TPSA) is 64.9 Å². The number of carboxylic acids is 1. The second-order valence-electron chi connectivity index (χ2n) is 6.10. The van der Waals surface area contributed by atoms with Crippen LogP contribution in [-0.4, -0.2) is 50.0 Å². The van der Waals surface area contributed by atoms with E-state index in [1.807, 2.05) is 17.1 Å². The standard InChI is InChI=1S/C14H20N2O3/c1-15-4-6-16(7-5-15)13(17)11-9-2-3-10(8-9)12(11)14(18)19/h2-3,9-12H,4-8H2,1H3,(H,18,19)/t9-,10-,11+,12+/m1/s1. The zero-order chi connectivity index (χ0) is 13.6. The van der Waals surface area contributed by atoms with Crippen LogP contribution >= 0.6 is 0 Å². The van der Waals surface area contributed by atoms with Crippen LogP contribution in [0.5, 0.6) is 0 Å². The summed E-state index contributed by atoms with van der Waals surface area (Å²) in [7, 11) is 2.12. The number of quaternary nitrogens is 1. The highest BCUT2D eigenvalue weighted by molar-refractivity contribution is 5.86. The van der Waals surface area contributed by atoms with Crippen molar-refractivity contribution in [2.45, 2.75) is 6.42 Å². The Morgan fingerprint density at radius 1 is 1.16 bits per heavy atom. The molecule has 2 bridgehead atoms. The Hall–Kier alpha value is -1.36. The summed E-state index contributed by atoms with van der Waals surface area (Å²) in [4.78, 5) is 27.2. The number of rotatable bonds is 2. The van der Waals surface area contributed by atoms with Crippen LogP contribution in [0.1, 0.15) is 6.42 Å². The van der Waals surface area contributed by atoms with Crippen molar-refractivity contribution < 1.29 is 19.6 Å². The molecule has 1 amide bonds. The number of carboxylic acid groups (broad SMARTS) is 1. The summed E-state index contributed by atoms with van der Waals surface area (Å²) in [5, 5.41) is 11.3. The van der Waals surface area contributed by atoms with E-state index in [4.69, 9.17) is 0 Å². The molecule has 1 aliphatic heterocycles. The molecule has 0 aromatic rings. The van der Waals surface area contributed by atoms with Crippen LogP contribution < -0.4 is 10.0 Å². The molecule has 3 aliphatic rings. The van der Waals surface area contributed by atoms with Gasteiger partial charge in [0.25, 0.3) is 0 Å². The molecule has 0 aromatic carbocycles. The highest BCUT2D eigenvalue weighted by atomic mass is 16.4. The predicted octanol–water partition coefficient (Wildman–Crippen LogP) is -2.47. The first kappa shape index (κ1) is 12.7. The molecule has 1 heterocycles. The highest BCUT2D eigenvalue weighted by Gasteiger charge is 2.50. The number of hydrogen-bond acceptors (Lipinski definition) is 3. The fourth-order valence-corrected chi connectivity index (χ4v) is 3.80. The molecule has 1 saturated carbocycles. The lowest BCUT2D eigenvalue weighted by Crippen LogP contribution is -3.12. The van der Waals surface area contributed by atoms with E-state index in [1.54, 1.807) is 0 Å². The van der Waals surface area contributed by atoms with Crippen LogP contribution in [0.25, 0.3) is 0 Å². The second-order valence-corrected chi connectivity index (χ2v) is 6.10. The second kappa shape index (κ2) is 4.63. The third kappa shape index (κ3) is 2.06. The minimum atomic E-state index is -1.06. The lowest BCUT2D eigenvalue weighted by Gasteiger charge is -2.35. The van der Waals surface area contributed by atoms with Crippen LogP contribution in [0.15, 0.2) is 12.2 Å². The number of piperazine rings is 1. The fraction of sp³-hybridized carbons (Fsp3) is 0.714. The normalized spacial score (nSPS) is 37.8. The van der Waals surface area contributed by atoms with Crippen LogP contribution in [0.2, 0.25) is 0 Å². The molecular formula is C14H20N2O3. The van der Waals surface area contributed by atoms with Crippen molar-refractivity contribution in [2.24, 2.45) is 23.7 Å². The number of nitrogens with one attached hydrogen (secondary N) is 1. The van der Waals surface area contributed by atoms with E-state index in [0.717, 1.165) is 32.6 Å². The first-order valence-corrected chi connectivity index (χ1v) is 7.07. The van der Waals surface area contributed by atoms with Crippen LogP contribution in [-0.2, 0) is 9.59 Å². The summed E-state index contributed by atoms with van der Waals surface area (Å²) in [6.07, 6.45) is 4.77. The maximum atomic E-state index is 12.6. The Kier molecular flexibility index (Phi) is 3.09. The van der Waals surface area contributed by atoms with E-state index in [-0.39, 0.29) is 17.7 Å². The van der Waals surface area contributed by atoms with Gasteiger partial charge in [0.1, 0.15) is 0 Å². The largest absolute Gasteiger partial charge is 0.550 e. The summed E-state index contributed by atoms with van der Waals surface area (Å²) in [6, 6.07) is 0. The summed E-state index contributed by atoms with van der Waals surface area (Å²) in [6.45, 7) is 3.36. The zero-order valence-electron chi connectivity index (χ0n) is 11.2. The number of likely N-dealkylation sites (N-methyl/N-ethyl adjacent to an activating group) is 1. The Balaban J connectivity index is 1.75. The fourth-order valence-electron chi connectivity index (χ4n) is 3.80. The molecular weight excluding hydrogens is 244 g/mol. The van der Waals surface area contributed by atoms with Gasteiger partial charge in [0.15, 0.2) is 0 Å². The van der Waals surface area contributed by atoms with Gasteiger partial charge in [0, 0.05) is 11.9 Å². The SMILES string of the molecule is C[NH+]1CCN(C(=O)[C@@H]2[C@@H](C(=O)[O-])[C@@H]3C=C[C@@H]2C3)CC1. The van der Waals surface area contributed by atoms with Gasteiger partial charge < -0.3 is 19.7 Å². The maximum Gasteiger partial charge on any atom is 0.227 e. The molecule has 1 N–H and O–H groups in total. The Morgan fingerprint density at radius 3 is 2.32 bits per heavy atom. The van der Waals surface area contributed by atoms with Gasteiger partial charge in [-0.15, -0.1) is 0 Å². The van der Waals surface area contributed by atoms with E-state index in [9.17, 15) is 14.7 Å². The summed E-state index contributed by atoms with van der Waals surface area (Å²) in [5.74, 6) is -1.93. The van der Waals surface area contributed by atoms with Crippen molar-refractivity contribution in [2.75, 3.05) is 33.2 Å². The molecule has 2 aliphatic carbocycles. The number of fused-ring (bicyclic) bond motifs is 2. The molecule has 1 saturated heterocycles. The number of amides is 1. The van der Waals surface area contributed by atoms with E-state index in [0.29, 0.717) is 0 Å². The van der Waals surface area contributed by atoms with Gasteiger partial charge in [-0.05, 0) is 18.3 Å². The maximum absolute atomic E-state index is 12.6. The van der Waals surface area contributed by atoms with E-state index in [1.165, 1.54) is 4.90 Å². The van der Waals surface area contributed by atoms with Crippen molar-refractivity contribution in [3.8, 4) is 0 Å². The smallest absolute Gasteiger partial charge is 0.227 e. The van der Waals surface area contributed by atoms with Crippen molar-refractivity contribution in [3.05, 3.63) is 12.2 Å². The van der Waals surface area contributed by atoms with Crippen molar-refractivity contribution in [3.63, 3.8) is 0 Å². The summed E-state index contributed by atoms with van der Waals surface area (Å²) in [5.41, 5.74) is 0. The van der Waals surface area contributed by atoms with E-state index >= 15 is 0 Å². The molecule has 5 nitrogen and oxygen atoms in total. The predicted molar refractivity (Wildman–Crippen MR) is 65.9 cm³/mol. The van der Waals surface area contributed by atoms with Gasteiger partial charge in [-0.2, -0.15) is 0 Å². The Labute approximate surface area is 112 Å². The molecule has 0 unspecified atom stereocenters. The number of carbonyl (C=O) groups excluding carboxylic acids is 2. The summed E-state index contributed by atoms with van der Waals surface area (Å²) >= 11 is 0. The molecule has 0 aromatic heterocycles. The minimum absolute atomic E-state index is 0.00189. The quantitative estimate of drug-likeness (QED) is 0.562. The Bertz CT molecular complexity index is 426.